The Morgan fingerprint density at radius 2 is 1.45 bits per heavy atom. The summed E-state index contributed by atoms with van der Waals surface area (Å²) in [6.45, 7) is 3.75. The number of aromatic nitrogens is 1. The number of para-hydroxylation sites is 1. The van der Waals surface area contributed by atoms with Gasteiger partial charge in [0.15, 0.2) is 0 Å². The number of nitrogens with one attached hydrogen (secondary N) is 5. The van der Waals surface area contributed by atoms with Gasteiger partial charge in [-0.1, -0.05) is 76.5 Å². The maximum absolute atomic E-state index is 13.5. The van der Waals surface area contributed by atoms with Gasteiger partial charge in [0.05, 0.1) is 12.6 Å². The third-order valence-electron chi connectivity index (χ3n) is 9.57. The molecule has 4 atom stereocenters. The average Bonchev–Trinajstić information content (AvgIpc) is 3.55. The monoisotopic (exact) mass is 770 g/mol. The molecule has 1 aromatic carbocycles. The van der Waals surface area contributed by atoms with Crippen LogP contribution in [-0.2, 0) is 40.0 Å². The number of rotatable bonds is 31. The number of aliphatic carboxylic acids is 2. The fourth-order valence-electron chi connectivity index (χ4n) is 6.38. The first kappa shape index (κ1) is 46.5. The van der Waals surface area contributed by atoms with E-state index in [1.54, 1.807) is 6.20 Å². The summed E-state index contributed by atoms with van der Waals surface area (Å²) in [7, 11) is 0. The zero-order valence-electron chi connectivity index (χ0n) is 32.5. The number of hydrogen-bond donors (Lipinski definition) is 8. The third-order valence-corrected chi connectivity index (χ3v) is 9.57. The lowest BCUT2D eigenvalue weighted by Crippen LogP contribution is -2.52. The predicted octanol–water partition coefficient (Wildman–Crippen LogP) is 3.53. The molecule has 0 radical (unpaired) electrons. The lowest BCUT2D eigenvalue weighted by atomic mass is 9.90. The van der Waals surface area contributed by atoms with Crippen LogP contribution in [0.5, 0.6) is 0 Å². The summed E-state index contributed by atoms with van der Waals surface area (Å²) in [6.07, 6.45) is 12.3. The Hall–Kier alpha value is -4.63. The molecule has 15 heteroatoms. The van der Waals surface area contributed by atoms with E-state index < -0.39 is 60.1 Å². The summed E-state index contributed by atoms with van der Waals surface area (Å²) in [5.41, 5.74) is 7.92. The number of carboxylic acids is 2. The molecule has 0 fully saturated rings. The molecule has 0 aliphatic heterocycles. The predicted molar refractivity (Wildman–Crippen MR) is 209 cm³/mol. The summed E-state index contributed by atoms with van der Waals surface area (Å²) < 4.78 is 0. The molecule has 306 valence electrons. The first-order chi connectivity index (χ1) is 26.3. The summed E-state index contributed by atoms with van der Waals surface area (Å²) in [5.74, 6) is -5.60. The Bertz CT molecular complexity index is 1540. The molecule has 0 bridgehead atoms. The van der Waals surface area contributed by atoms with Gasteiger partial charge >= 0.3 is 11.9 Å². The largest absolute Gasteiger partial charge is 0.481 e. The highest BCUT2D eigenvalue weighted by molar-refractivity contribution is 5.92. The minimum Gasteiger partial charge on any atom is -0.481 e. The zero-order valence-corrected chi connectivity index (χ0v) is 32.5. The number of benzene rings is 1. The summed E-state index contributed by atoms with van der Waals surface area (Å²) in [6, 6.07) is 3.93. The van der Waals surface area contributed by atoms with Gasteiger partial charge in [-0.25, -0.2) is 4.79 Å². The van der Waals surface area contributed by atoms with Crippen molar-refractivity contribution < 1.29 is 43.8 Å². The molecule has 2 rings (SSSR count). The van der Waals surface area contributed by atoms with E-state index in [1.165, 1.54) is 38.5 Å². The zero-order chi connectivity index (χ0) is 40.6. The smallest absolute Gasteiger partial charge is 0.326 e. The van der Waals surface area contributed by atoms with E-state index in [-0.39, 0.29) is 56.8 Å². The molecule has 0 unspecified atom stereocenters. The number of fused-ring (bicyclic) bond motifs is 1. The third kappa shape index (κ3) is 19.0. The van der Waals surface area contributed by atoms with Gasteiger partial charge < -0.3 is 42.2 Å². The number of hydrogen-bond acceptors (Lipinski definition) is 9. The molecule has 0 spiro atoms. The number of aromatic amines is 1. The number of ketones is 2. The van der Waals surface area contributed by atoms with Crippen LogP contribution in [-0.4, -0.2) is 94.2 Å². The number of carbonyl (C=O) groups is 7. The molecule has 3 amide bonds. The second kappa shape index (κ2) is 26.2. The van der Waals surface area contributed by atoms with E-state index in [4.69, 9.17) is 10.8 Å². The first-order valence-corrected chi connectivity index (χ1v) is 19.7. The highest BCUT2D eigenvalue weighted by atomic mass is 16.4. The van der Waals surface area contributed by atoms with Crippen molar-refractivity contribution in [3.8, 4) is 0 Å². The maximum Gasteiger partial charge on any atom is 0.326 e. The van der Waals surface area contributed by atoms with Crippen LogP contribution < -0.4 is 27.0 Å². The molecule has 0 aliphatic rings. The lowest BCUT2D eigenvalue weighted by molar-refractivity contribution is -0.143. The van der Waals surface area contributed by atoms with Crippen LogP contribution in [0.4, 0.5) is 0 Å². The Labute approximate surface area is 323 Å². The molecule has 15 nitrogen and oxygen atoms in total. The second-order valence-electron chi connectivity index (χ2n) is 14.3. The van der Waals surface area contributed by atoms with Crippen molar-refractivity contribution in [3.63, 3.8) is 0 Å². The first-order valence-electron chi connectivity index (χ1n) is 19.7. The highest BCUT2D eigenvalue weighted by Crippen LogP contribution is 2.23. The SMILES string of the molecule is CCCCCCCCCCCC(=O)CNCC[C@H](N)C(=O)C[C@H](Cc1c[nH]c2ccccc12)C(=O)NCC[C@H](NC(=O)[C@@H](CCC(=O)O)NC(C)=O)C(=O)O. The highest BCUT2D eigenvalue weighted by Gasteiger charge is 2.29. The van der Waals surface area contributed by atoms with Crippen molar-refractivity contribution in [2.45, 2.75) is 135 Å². The minimum absolute atomic E-state index is 0.119. The molecule has 0 aliphatic carbocycles. The van der Waals surface area contributed by atoms with Crippen LogP contribution in [0.1, 0.15) is 116 Å². The fourth-order valence-corrected chi connectivity index (χ4v) is 6.38. The number of amides is 3. The van der Waals surface area contributed by atoms with Gasteiger partial charge in [0.2, 0.25) is 17.7 Å². The van der Waals surface area contributed by atoms with E-state index in [9.17, 15) is 38.7 Å². The van der Waals surface area contributed by atoms with E-state index in [1.807, 2.05) is 24.3 Å². The normalized spacial score (nSPS) is 13.4. The molecule has 1 heterocycles. The van der Waals surface area contributed by atoms with E-state index in [0.29, 0.717) is 13.0 Å². The van der Waals surface area contributed by atoms with Gasteiger partial charge in [-0.2, -0.15) is 0 Å². The topological polar surface area (TPSA) is 250 Å². The molecule has 2 aromatic rings. The van der Waals surface area contributed by atoms with Gasteiger partial charge in [0.25, 0.3) is 0 Å². The van der Waals surface area contributed by atoms with Crippen molar-refractivity contribution in [3.05, 3.63) is 36.0 Å². The van der Waals surface area contributed by atoms with E-state index in [2.05, 4.69) is 33.2 Å². The number of unbranched alkanes of at least 4 members (excludes halogenated alkanes) is 8. The van der Waals surface area contributed by atoms with Crippen LogP contribution in [0.2, 0.25) is 0 Å². The average molecular weight is 771 g/mol. The standard InChI is InChI=1S/C40H62N6O9/c1-3-4-5-6-7-8-9-10-11-14-30(48)26-42-21-19-32(41)36(49)24-28(23-29-25-44-33-16-13-12-15-31(29)33)38(52)43-22-20-35(40(54)55)46-39(53)34(45-27(2)47)17-18-37(50)51/h12-13,15-16,25,28,32,34-35,42,44H,3-11,14,17-24,26,41H2,1-2H3,(H,43,52)(H,45,47)(H,46,53)(H,50,51)(H,54,55)/t28-,32-,34+,35-/m0/s1. The van der Waals surface area contributed by atoms with Crippen molar-refractivity contribution in [2.24, 2.45) is 11.7 Å². The number of nitrogens with two attached hydrogens (primary N) is 1. The summed E-state index contributed by atoms with van der Waals surface area (Å²) >= 11 is 0. The Morgan fingerprint density at radius 1 is 0.782 bits per heavy atom. The molecule has 0 saturated carbocycles. The van der Waals surface area contributed by atoms with Crippen molar-refractivity contribution in [1.29, 1.82) is 0 Å². The molecule has 0 saturated heterocycles. The van der Waals surface area contributed by atoms with Crippen LogP contribution in [0.3, 0.4) is 0 Å². The van der Waals surface area contributed by atoms with Crippen LogP contribution in [0, 0.1) is 5.92 Å². The van der Waals surface area contributed by atoms with Crippen LogP contribution in [0.15, 0.2) is 30.5 Å². The van der Waals surface area contributed by atoms with E-state index in [0.717, 1.165) is 42.7 Å². The lowest BCUT2D eigenvalue weighted by Gasteiger charge is -2.22. The maximum atomic E-state index is 13.5. The quantitative estimate of drug-likeness (QED) is 0.0515. The van der Waals surface area contributed by atoms with Crippen molar-refractivity contribution >= 4 is 52.1 Å². The number of H-pyrrole nitrogens is 1. The van der Waals surface area contributed by atoms with E-state index >= 15 is 0 Å². The molecule has 9 N–H and O–H groups in total. The van der Waals surface area contributed by atoms with Gasteiger partial charge in [0, 0.05) is 55.7 Å². The number of carboxylic acid groups (broad SMARTS) is 2. The van der Waals surface area contributed by atoms with Crippen LogP contribution >= 0.6 is 0 Å². The van der Waals surface area contributed by atoms with Gasteiger partial charge in [0.1, 0.15) is 23.7 Å². The number of Topliss-reactive ketones (excluding diaryl/α,β-unsaturated/α-hetero) is 2. The fraction of sp³-hybridized carbons (Fsp3) is 0.625. The number of carbonyl (C=O) groups excluding carboxylic acids is 5. The summed E-state index contributed by atoms with van der Waals surface area (Å²) in [4.78, 5) is 89.7. The molecule has 55 heavy (non-hydrogen) atoms. The Morgan fingerprint density at radius 3 is 2.11 bits per heavy atom. The minimum atomic E-state index is -1.46. The molecular weight excluding hydrogens is 708 g/mol. The Kier molecular flexibility index (Phi) is 22.2. The van der Waals surface area contributed by atoms with Crippen molar-refractivity contribution in [1.82, 2.24) is 26.3 Å². The molecular formula is C40H62N6O9. The van der Waals surface area contributed by atoms with Gasteiger partial charge in [-0.15, -0.1) is 0 Å². The van der Waals surface area contributed by atoms with Crippen LogP contribution in [0.25, 0.3) is 10.9 Å². The summed E-state index contributed by atoms with van der Waals surface area (Å²) in [5, 5.41) is 30.0. The van der Waals surface area contributed by atoms with Crippen molar-refractivity contribution in [2.75, 3.05) is 19.6 Å². The second-order valence-corrected chi connectivity index (χ2v) is 14.3. The molecule has 1 aromatic heterocycles. The van der Waals surface area contributed by atoms with Gasteiger partial charge in [-0.3, -0.25) is 28.8 Å². The van der Waals surface area contributed by atoms with Gasteiger partial charge in [-0.05, 0) is 50.3 Å². The Balaban J connectivity index is 1.92.